The number of ketones is 1. The summed E-state index contributed by atoms with van der Waals surface area (Å²) in [6, 6.07) is 15.1. The molecule has 3 aromatic rings. The molecule has 1 aliphatic heterocycles. The number of nitrogens with one attached hydrogen (secondary N) is 2. The number of furan rings is 1. The molecule has 0 radical (unpaired) electrons. The summed E-state index contributed by atoms with van der Waals surface area (Å²) in [6.07, 6.45) is 2.42. The lowest BCUT2D eigenvalue weighted by Crippen LogP contribution is -2.37. The van der Waals surface area contributed by atoms with Crippen LogP contribution < -0.4 is 10.6 Å². The summed E-state index contributed by atoms with van der Waals surface area (Å²) in [5.74, 6) is -0.521. The van der Waals surface area contributed by atoms with Crippen molar-refractivity contribution in [2.24, 2.45) is 0 Å². The molecule has 0 saturated heterocycles. The number of rotatable bonds is 4. The minimum Gasteiger partial charge on any atom is -0.469 e. The van der Waals surface area contributed by atoms with Gasteiger partial charge in [-0.05, 0) is 62.2 Å². The Hall–Kier alpha value is -4.00. The Kier molecular flexibility index (Phi) is 5.61. The third kappa shape index (κ3) is 4.05. The van der Waals surface area contributed by atoms with Crippen LogP contribution >= 0.6 is 0 Å². The molecule has 3 heterocycles. The van der Waals surface area contributed by atoms with Crippen LogP contribution in [0.2, 0.25) is 0 Å². The van der Waals surface area contributed by atoms with Gasteiger partial charge in [-0.3, -0.25) is 9.59 Å². The maximum absolute atomic E-state index is 14.3. The van der Waals surface area contributed by atoms with Crippen LogP contribution in [0, 0.1) is 12.7 Å². The summed E-state index contributed by atoms with van der Waals surface area (Å²) in [7, 11) is 0. The normalized spacial score (nSPS) is 20.1. The second kappa shape index (κ2) is 8.74. The molecule has 1 aromatic carbocycles. The summed E-state index contributed by atoms with van der Waals surface area (Å²) in [6.45, 7) is 3.64. The van der Waals surface area contributed by atoms with E-state index in [1.165, 1.54) is 12.1 Å². The number of anilines is 1. The van der Waals surface area contributed by atoms with Gasteiger partial charge < -0.3 is 15.1 Å². The van der Waals surface area contributed by atoms with Crippen molar-refractivity contribution in [2.75, 3.05) is 5.32 Å². The number of nitrogens with zero attached hydrogens (tertiary/aromatic N) is 1. The molecule has 0 saturated carbocycles. The number of halogens is 1. The van der Waals surface area contributed by atoms with Gasteiger partial charge in [0.25, 0.3) is 5.91 Å². The highest BCUT2D eigenvalue weighted by molar-refractivity contribution is 6.09. The fraction of sp³-hybridized carbons (Fsp3) is 0.222. The van der Waals surface area contributed by atoms with Crippen LogP contribution in [0.4, 0.5) is 10.2 Å². The molecular formula is C27H24FN3O3. The molecule has 7 heteroatoms. The number of benzene rings is 1. The molecular weight excluding hydrogens is 433 g/mol. The minimum atomic E-state index is -0.693. The molecule has 0 bridgehead atoms. The van der Waals surface area contributed by atoms with Crippen molar-refractivity contribution >= 4 is 17.5 Å². The van der Waals surface area contributed by atoms with Gasteiger partial charge in [0, 0.05) is 46.5 Å². The molecule has 34 heavy (non-hydrogen) atoms. The number of dihydropyridines is 1. The number of aryl methyl sites for hydroxylation is 1. The number of amides is 1. The van der Waals surface area contributed by atoms with Gasteiger partial charge in [0.2, 0.25) is 0 Å². The van der Waals surface area contributed by atoms with Crippen molar-refractivity contribution in [3.05, 3.63) is 106 Å². The minimum absolute atomic E-state index is 0.0871. The Morgan fingerprint density at radius 1 is 1.12 bits per heavy atom. The van der Waals surface area contributed by atoms with Gasteiger partial charge in [-0.2, -0.15) is 0 Å². The molecule has 2 atom stereocenters. The number of hydrogen-bond donors (Lipinski definition) is 2. The largest absolute Gasteiger partial charge is 0.469 e. The molecule has 2 unspecified atom stereocenters. The number of allylic oxidation sites excluding steroid dienone is 3. The molecule has 0 spiro atoms. The Balaban J connectivity index is 1.57. The van der Waals surface area contributed by atoms with E-state index in [0.717, 1.165) is 17.2 Å². The number of Topliss-reactive ketones (excluding diaryl/α,β-unsaturated/α-hetero) is 1. The number of carbonyl (C=O) groups is 2. The molecule has 6 nitrogen and oxygen atoms in total. The monoisotopic (exact) mass is 457 g/mol. The van der Waals surface area contributed by atoms with Crippen LogP contribution in [0.15, 0.2) is 87.8 Å². The van der Waals surface area contributed by atoms with E-state index in [0.29, 0.717) is 34.6 Å². The van der Waals surface area contributed by atoms with Gasteiger partial charge in [0.1, 0.15) is 17.4 Å². The zero-order valence-corrected chi connectivity index (χ0v) is 18.9. The summed E-state index contributed by atoms with van der Waals surface area (Å²) in [5, 5.41) is 6.15. The summed E-state index contributed by atoms with van der Waals surface area (Å²) < 4.78 is 19.8. The van der Waals surface area contributed by atoms with Gasteiger partial charge in [-0.25, -0.2) is 9.37 Å². The summed E-state index contributed by atoms with van der Waals surface area (Å²) in [4.78, 5) is 31.3. The zero-order chi connectivity index (χ0) is 23.8. The SMILES string of the molecule is CC1=C(C(=O)Nc2cccc(C)n2)C(c2cccc(F)c2)C2=C(CC(c3ccco3)CC2=O)N1. The third-order valence-corrected chi connectivity index (χ3v) is 6.33. The Bertz CT molecular complexity index is 1340. The van der Waals surface area contributed by atoms with Crippen molar-refractivity contribution in [2.45, 2.75) is 38.5 Å². The van der Waals surface area contributed by atoms with Crippen LogP contribution in [0.5, 0.6) is 0 Å². The van der Waals surface area contributed by atoms with Crippen LogP contribution in [0.1, 0.15) is 48.6 Å². The number of carbonyl (C=O) groups excluding carboxylic acids is 2. The predicted octanol–water partition coefficient (Wildman–Crippen LogP) is 5.12. The second-order valence-electron chi connectivity index (χ2n) is 8.71. The first-order chi connectivity index (χ1) is 16.4. The quantitative estimate of drug-likeness (QED) is 0.568. The van der Waals surface area contributed by atoms with Crippen LogP contribution in [-0.2, 0) is 9.59 Å². The maximum atomic E-state index is 14.3. The molecule has 1 amide bonds. The van der Waals surface area contributed by atoms with E-state index in [-0.39, 0.29) is 24.0 Å². The van der Waals surface area contributed by atoms with Gasteiger partial charge in [-0.1, -0.05) is 18.2 Å². The smallest absolute Gasteiger partial charge is 0.255 e. The van der Waals surface area contributed by atoms with Crippen molar-refractivity contribution in [3.63, 3.8) is 0 Å². The van der Waals surface area contributed by atoms with E-state index in [1.807, 2.05) is 25.1 Å². The first kappa shape index (κ1) is 21.8. The Labute approximate surface area is 196 Å². The lowest BCUT2D eigenvalue weighted by atomic mass is 9.72. The fourth-order valence-corrected chi connectivity index (χ4v) is 4.88. The topological polar surface area (TPSA) is 84.2 Å². The maximum Gasteiger partial charge on any atom is 0.255 e. The average Bonchev–Trinajstić information content (AvgIpc) is 3.33. The first-order valence-corrected chi connectivity index (χ1v) is 11.2. The third-order valence-electron chi connectivity index (χ3n) is 6.33. The average molecular weight is 458 g/mol. The molecule has 2 aliphatic rings. The lowest BCUT2D eigenvalue weighted by molar-refractivity contribution is -0.116. The van der Waals surface area contributed by atoms with Crippen LogP contribution in [-0.4, -0.2) is 16.7 Å². The molecule has 0 fully saturated rings. The van der Waals surface area contributed by atoms with Crippen LogP contribution in [0.25, 0.3) is 0 Å². The number of aromatic nitrogens is 1. The highest BCUT2D eigenvalue weighted by Crippen LogP contribution is 2.45. The predicted molar refractivity (Wildman–Crippen MR) is 125 cm³/mol. The summed E-state index contributed by atoms with van der Waals surface area (Å²) in [5.41, 5.74) is 3.56. The number of hydrogen-bond acceptors (Lipinski definition) is 5. The highest BCUT2D eigenvalue weighted by Gasteiger charge is 2.41. The molecule has 5 rings (SSSR count). The Morgan fingerprint density at radius 2 is 1.94 bits per heavy atom. The van der Waals surface area contributed by atoms with E-state index >= 15 is 0 Å². The van der Waals surface area contributed by atoms with Gasteiger partial charge >= 0.3 is 0 Å². The van der Waals surface area contributed by atoms with E-state index in [1.54, 1.807) is 37.5 Å². The molecule has 172 valence electrons. The van der Waals surface area contributed by atoms with Crippen molar-refractivity contribution in [1.29, 1.82) is 0 Å². The second-order valence-corrected chi connectivity index (χ2v) is 8.71. The summed E-state index contributed by atoms with van der Waals surface area (Å²) >= 11 is 0. The Morgan fingerprint density at radius 3 is 2.68 bits per heavy atom. The first-order valence-electron chi connectivity index (χ1n) is 11.2. The standard InChI is InChI=1S/C27H24FN3O3/c1-15-6-3-10-23(29-15)31-27(33)24-16(2)30-20-13-18(22-9-5-11-34-22)14-21(32)26(20)25(24)17-7-4-8-19(28)12-17/h3-12,18,25,30H,13-14H2,1-2H3,(H,29,31,33). The van der Waals surface area contributed by atoms with Crippen molar-refractivity contribution in [1.82, 2.24) is 10.3 Å². The van der Waals surface area contributed by atoms with E-state index in [9.17, 15) is 14.0 Å². The van der Waals surface area contributed by atoms with E-state index < -0.39 is 11.7 Å². The lowest BCUT2D eigenvalue weighted by Gasteiger charge is -2.36. The van der Waals surface area contributed by atoms with Crippen LogP contribution in [0.3, 0.4) is 0 Å². The highest BCUT2D eigenvalue weighted by atomic mass is 19.1. The van der Waals surface area contributed by atoms with E-state index in [4.69, 9.17) is 4.42 Å². The molecule has 1 aliphatic carbocycles. The zero-order valence-electron chi connectivity index (χ0n) is 18.9. The van der Waals surface area contributed by atoms with Crippen molar-refractivity contribution < 1.29 is 18.4 Å². The van der Waals surface area contributed by atoms with Gasteiger partial charge in [-0.15, -0.1) is 0 Å². The molecule has 2 N–H and O–H groups in total. The van der Waals surface area contributed by atoms with E-state index in [2.05, 4.69) is 15.6 Å². The molecule has 2 aromatic heterocycles. The van der Waals surface area contributed by atoms with Gasteiger partial charge in [0.05, 0.1) is 6.26 Å². The number of pyridine rings is 1. The van der Waals surface area contributed by atoms with Crippen molar-refractivity contribution in [3.8, 4) is 0 Å². The fourth-order valence-electron chi connectivity index (χ4n) is 4.88. The van der Waals surface area contributed by atoms with Gasteiger partial charge in [0.15, 0.2) is 5.78 Å².